The number of hydrogen-bond donors (Lipinski definition) is 0. The number of furan rings is 1. The summed E-state index contributed by atoms with van der Waals surface area (Å²) in [5, 5.41) is 1.30. The van der Waals surface area contributed by atoms with Gasteiger partial charge in [0, 0.05) is 48.3 Å². The average molecular weight is 882 g/mol. The number of imidazole rings is 1. The molecule has 271 valence electrons. The quantitative estimate of drug-likeness (QED) is 0.150. The van der Waals surface area contributed by atoms with E-state index in [4.69, 9.17) is 20.4 Å². The second-order valence-corrected chi connectivity index (χ2v) is 13.9. The number of aromatic nitrogens is 3. The van der Waals surface area contributed by atoms with Crippen molar-refractivity contribution >= 4 is 33.0 Å². The van der Waals surface area contributed by atoms with Gasteiger partial charge in [-0.25, -0.2) is 0 Å². The maximum Gasteiger partial charge on any atom is 0.123 e. The molecule has 0 amide bonds. The number of fused-ring (bicyclic) bond motifs is 4. The predicted octanol–water partition coefficient (Wildman–Crippen LogP) is 13.0. The van der Waals surface area contributed by atoms with Gasteiger partial charge >= 0.3 is 0 Å². The SMILES string of the molecule is CC(C)c1cccc(C(C)C)c1-n1c(-c2[c-]cccc2)nc2ccccc21.[2H]C([2H])([2H])c1cnc(-c2[c-]ccc3c2oc2c(C([2H])([2H])[2H])cccc23)cc1C([2H])([2H])C(C)C.[Ir]. The minimum atomic E-state index is -2.53. The van der Waals surface area contributed by atoms with Crippen molar-refractivity contribution in [1.29, 1.82) is 0 Å². The number of aryl methyl sites for hydroxylation is 2. The molecular weight excluding hydrogens is 827 g/mol. The van der Waals surface area contributed by atoms with Crippen molar-refractivity contribution in [2.45, 2.75) is 73.5 Å². The van der Waals surface area contributed by atoms with Crippen LogP contribution in [0.4, 0.5) is 0 Å². The topological polar surface area (TPSA) is 43.9 Å². The van der Waals surface area contributed by atoms with Crippen molar-refractivity contribution in [2.24, 2.45) is 5.92 Å². The Kier molecular flexibility index (Phi) is 8.67. The summed E-state index contributed by atoms with van der Waals surface area (Å²) < 4.78 is 72.5. The summed E-state index contributed by atoms with van der Waals surface area (Å²) in [6.45, 7) is 7.52. The van der Waals surface area contributed by atoms with Crippen LogP contribution in [0.25, 0.3) is 61.3 Å². The third-order valence-electron chi connectivity index (χ3n) is 9.14. The van der Waals surface area contributed by atoms with Crippen molar-refractivity contribution in [1.82, 2.24) is 14.5 Å². The number of hydrogen-bond acceptors (Lipinski definition) is 3. The summed E-state index contributed by atoms with van der Waals surface area (Å²) in [5.41, 5.74) is 8.40. The third-order valence-corrected chi connectivity index (χ3v) is 9.14. The van der Waals surface area contributed by atoms with Gasteiger partial charge in [0.15, 0.2) is 0 Å². The predicted molar refractivity (Wildman–Crippen MR) is 217 cm³/mol. The van der Waals surface area contributed by atoms with Gasteiger partial charge in [-0.05, 0) is 77.9 Å². The number of rotatable bonds is 7. The van der Waals surface area contributed by atoms with Gasteiger partial charge in [-0.3, -0.25) is 4.98 Å². The van der Waals surface area contributed by atoms with Crippen molar-refractivity contribution in [3.05, 3.63) is 149 Å². The maximum atomic E-state index is 8.54. The molecule has 5 heteroatoms. The van der Waals surface area contributed by atoms with Crippen molar-refractivity contribution < 1.29 is 35.5 Å². The Hall–Kier alpha value is -4.83. The van der Waals surface area contributed by atoms with E-state index in [1.54, 1.807) is 38.1 Å². The van der Waals surface area contributed by atoms with Gasteiger partial charge in [0.2, 0.25) is 0 Å². The molecule has 0 atom stereocenters. The Morgan fingerprint density at radius 3 is 2.17 bits per heavy atom. The summed E-state index contributed by atoms with van der Waals surface area (Å²) >= 11 is 0. The largest absolute Gasteiger partial charge is 0.500 e. The van der Waals surface area contributed by atoms with Crippen LogP contribution in [0.5, 0.6) is 0 Å². The fourth-order valence-electron chi connectivity index (χ4n) is 6.71. The first kappa shape index (κ1) is 28.6. The minimum absolute atomic E-state index is 0. The molecule has 0 aliphatic carbocycles. The van der Waals surface area contributed by atoms with Gasteiger partial charge in [-0.1, -0.05) is 113 Å². The van der Waals surface area contributed by atoms with Gasteiger partial charge in [0.25, 0.3) is 0 Å². The van der Waals surface area contributed by atoms with Gasteiger partial charge < -0.3 is 14.0 Å². The Bertz CT molecular complexity index is 2800. The maximum absolute atomic E-state index is 8.54. The van der Waals surface area contributed by atoms with Crippen LogP contribution >= 0.6 is 0 Å². The van der Waals surface area contributed by atoms with Crippen LogP contribution in [0.2, 0.25) is 0 Å². The number of nitrogens with zero attached hydrogens (tertiary/aromatic N) is 3. The summed E-state index contributed by atoms with van der Waals surface area (Å²) in [4.78, 5) is 9.30. The summed E-state index contributed by atoms with van der Waals surface area (Å²) in [6.07, 6.45) is -0.737. The molecule has 5 aromatic carbocycles. The van der Waals surface area contributed by atoms with E-state index in [1.807, 2.05) is 18.2 Å². The minimum Gasteiger partial charge on any atom is -0.500 e. The number of pyridine rings is 1. The fourth-order valence-corrected chi connectivity index (χ4v) is 6.71. The molecular formula is C48H47IrN3O-2. The van der Waals surface area contributed by atoms with Gasteiger partial charge in [0.1, 0.15) is 5.58 Å². The zero-order valence-corrected chi connectivity index (χ0v) is 33.1. The second kappa shape index (κ2) is 16.0. The normalized spacial score (nSPS) is 14.4. The second-order valence-electron chi connectivity index (χ2n) is 13.9. The molecule has 3 aromatic heterocycles. The molecule has 4 nitrogen and oxygen atoms in total. The van der Waals surface area contributed by atoms with Crippen LogP contribution < -0.4 is 0 Å². The fraction of sp³-hybridized carbons (Fsp3) is 0.250. The molecule has 8 rings (SSSR count). The van der Waals surface area contributed by atoms with Crippen LogP contribution in [0.1, 0.15) is 92.2 Å². The Morgan fingerprint density at radius 1 is 0.755 bits per heavy atom. The zero-order valence-electron chi connectivity index (χ0n) is 38.7. The molecule has 0 spiro atoms. The smallest absolute Gasteiger partial charge is 0.123 e. The van der Waals surface area contributed by atoms with Crippen molar-refractivity contribution in [3.63, 3.8) is 0 Å². The Balaban J connectivity index is 0.000000204. The van der Waals surface area contributed by atoms with Crippen LogP contribution in [0.3, 0.4) is 0 Å². The Morgan fingerprint density at radius 2 is 1.47 bits per heavy atom. The molecule has 0 N–H and O–H groups in total. The summed E-state index contributed by atoms with van der Waals surface area (Å²) in [5.74, 6) is 1.31. The molecule has 53 heavy (non-hydrogen) atoms. The molecule has 0 bridgehead atoms. The van der Waals surface area contributed by atoms with Crippen molar-refractivity contribution in [3.8, 4) is 28.3 Å². The molecule has 0 aliphatic rings. The third kappa shape index (κ3) is 7.51. The van der Waals surface area contributed by atoms with Crippen LogP contribution in [-0.2, 0) is 26.5 Å². The summed E-state index contributed by atoms with van der Waals surface area (Å²) in [7, 11) is 0. The van der Waals surface area contributed by atoms with E-state index in [0.29, 0.717) is 39.4 Å². The van der Waals surface area contributed by atoms with E-state index in [9.17, 15) is 0 Å². The molecule has 0 saturated carbocycles. The van der Waals surface area contributed by atoms with E-state index in [2.05, 4.69) is 97.9 Å². The monoisotopic (exact) mass is 882 g/mol. The molecule has 0 saturated heterocycles. The molecule has 1 radical (unpaired) electrons. The molecule has 0 aliphatic heterocycles. The molecule has 3 heterocycles. The van der Waals surface area contributed by atoms with Crippen LogP contribution in [-0.4, -0.2) is 14.5 Å². The average Bonchev–Trinajstić information content (AvgIpc) is 3.79. The number of para-hydroxylation sites is 4. The van der Waals surface area contributed by atoms with Crippen molar-refractivity contribution in [2.75, 3.05) is 0 Å². The van der Waals surface area contributed by atoms with E-state index < -0.39 is 26.0 Å². The van der Waals surface area contributed by atoms with E-state index in [0.717, 1.165) is 22.4 Å². The van der Waals surface area contributed by atoms with Crippen LogP contribution in [0.15, 0.2) is 114 Å². The number of benzene rings is 5. The van der Waals surface area contributed by atoms with Crippen LogP contribution in [0, 0.1) is 31.8 Å². The molecule has 0 unspecified atom stereocenters. The Labute approximate surface area is 338 Å². The van der Waals surface area contributed by atoms with Gasteiger partial charge in [-0.2, -0.15) is 0 Å². The molecule has 0 fully saturated rings. The van der Waals surface area contributed by atoms with E-state index in [1.165, 1.54) is 35.1 Å². The summed E-state index contributed by atoms with van der Waals surface area (Å²) in [6, 6.07) is 39.4. The first-order chi connectivity index (χ1) is 28.3. The van der Waals surface area contributed by atoms with Gasteiger partial charge in [-0.15, -0.1) is 54.1 Å². The molecule has 8 aromatic rings. The first-order valence-corrected chi connectivity index (χ1v) is 17.8. The zero-order chi connectivity index (χ0) is 43.3. The standard InChI is InChI=1S/C25H25N2.C23H22NO.Ir/c1-17(2)20-13-10-14-21(18(3)4)24(20)27-23-16-9-8-15-22(23)26-25(27)19-11-6-5-7-12-19;1-14(2)11-17-12-21(24-13-16(17)4)20-10-6-9-19-18-8-5-7-15(3)22(18)25-23(19)20;/h5-11,13-18H,1-4H3;5-9,12-14H,11H2,1-4H3;/q2*-1;/i;3D3,4D3,11D2;. The van der Waals surface area contributed by atoms with Gasteiger partial charge in [0.05, 0.1) is 22.4 Å². The van der Waals surface area contributed by atoms with E-state index >= 15 is 0 Å². The first-order valence-electron chi connectivity index (χ1n) is 21.8. The van der Waals surface area contributed by atoms with E-state index in [-0.39, 0.29) is 42.4 Å².